The standard InChI is InChI=1S/C25H34N6O3/c1-17-11-19(14-26)22(12-21(17)18-3-5-30(6-4-18)20-15-34-16-20)27-23-13-24(29-25(28-23)32-2)31-7-9-33-10-8-31/h11-14,18,20,26H,3-10,15-16H2,1-2H3,(H,27,28,29). The molecule has 34 heavy (non-hydrogen) atoms. The zero-order chi connectivity index (χ0) is 23.5. The number of likely N-dealkylation sites (tertiary alicyclic amines) is 1. The summed E-state index contributed by atoms with van der Waals surface area (Å²) in [4.78, 5) is 13.8. The third-order valence-electron chi connectivity index (χ3n) is 7.17. The summed E-state index contributed by atoms with van der Waals surface area (Å²) in [5, 5.41) is 11.4. The highest BCUT2D eigenvalue weighted by Crippen LogP contribution is 2.35. The van der Waals surface area contributed by atoms with E-state index in [2.05, 4.69) is 44.1 Å². The van der Waals surface area contributed by atoms with Gasteiger partial charge < -0.3 is 29.8 Å². The van der Waals surface area contributed by atoms with Gasteiger partial charge in [0.15, 0.2) is 0 Å². The number of nitrogens with zero attached hydrogens (tertiary/aromatic N) is 4. The summed E-state index contributed by atoms with van der Waals surface area (Å²) in [6, 6.07) is 7.19. The van der Waals surface area contributed by atoms with Crippen LogP contribution in [0.2, 0.25) is 0 Å². The third kappa shape index (κ3) is 4.87. The van der Waals surface area contributed by atoms with Gasteiger partial charge in [0.1, 0.15) is 11.6 Å². The van der Waals surface area contributed by atoms with Crippen LogP contribution < -0.4 is 15.0 Å². The van der Waals surface area contributed by atoms with Crippen molar-refractivity contribution in [3.63, 3.8) is 0 Å². The fraction of sp³-hybridized carbons (Fsp3) is 0.560. The van der Waals surface area contributed by atoms with Crippen LogP contribution in [0.4, 0.5) is 17.3 Å². The van der Waals surface area contributed by atoms with Crippen molar-refractivity contribution >= 4 is 23.5 Å². The lowest BCUT2D eigenvalue weighted by molar-refractivity contribution is -0.0712. The first kappa shape index (κ1) is 23.0. The number of nitrogens with one attached hydrogen (secondary N) is 2. The summed E-state index contributed by atoms with van der Waals surface area (Å²) in [6.07, 6.45) is 3.69. The van der Waals surface area contributed by atoms with E-state index < -0.39 is 0 Å². The van der Waals surface area contributed by atoms with E-state index in [1.165, 1.54) is 17.3 Å². The van der Waals surface area contributed by atoms with Gasteiger partial charge in [-0.15, -0.1) is 0 Å². The smallest absolute Gasteiger partial charge is 0.320 e. The van der Waals surface area contributed by atoms with E-state index in [-0.39, 0.29) is 0 Å². The predicted molar refractivity (Wildman–Crippen MR) is 132 cm³/mol. The van der Waals surface area contributed by atoms with Crippen molar-refractivity contribution in [1.82, 2.24) is 14.9 Å². The van der Waals surface area contributed by atoms with Gasteiger partial charge in [0.05, 0.1) is 39.6 Å². The van der Waals surface area contributed by atoms with E-state index >= 15 is 0 Å². The van der Waals surface area contributed by atoms with Crippen molar-refractivity contribution < 1.29 is 14.2 Å². The Hall–Kier alpha value is -2.75. The first-order valence-corrected chi connectivity index (χ1v) is 12.1. The lowest BCUT2D eigenvalue weighted by atomic mass is 9.85. The summed E-state index contributed by atoms with van der Waals surface area (Å²) in [5.74, 6) is 1.99. The first-order chi connectivity index (χ1) is 16.6. The molecule has 3 saturated heterocycles. The maximum Gasteiger partial charge on any atom is 0.320 e. The molecule has 1 aromatic carbocycles. The van der Waals surface area contributed by atoms with Crippen molar-refractivity contribution in [3.8, 4) is 6.01 Å². The van der Waals surface area contributed by atoms with Crippen LogP contribution in [0.3, 0.4) is 0 Å². The largest absolute Gasteiger partial charge is 0.467 e. The fourth-order valence-corrected chi connectivity index (χ4v) is 5.08. The molecule has 0 spiro atoms. The molecule has 0 amide bonds. The molecule has 4 heterocycles. The molecule has 0 aliphatic carbocycles. The summed E-state index contributed by atoms with van der Waals surface area (Å²) in [5.41, 5.74) is 4.32. The Morgan fingerprint density at radius 2 is 1.82 bits per heavy atom. The van der Waals surface area contributed by atoms with Gasteiger partial charge in [-0.05, 0) is 62.0 Å². The van der Waals surface area contributed by atoms with E-state index in [0.29, 0.717) is 37.0 Å². The number of benzene rings is 1. The van der Waals surface area contributed by atoms with Crippen LogP contribution in [0.25, 0.3) is 0 Å². The highest BCUT2D eigenvalue weighted by Gasteiger charge is 2.30. The van der Waals surface area contributed by atoms with E-state index in [0.717, 1.165) is 69.3 Å². The topological polar surface area (TPSA) is 95.8 Å². The molecule has 9 heteroatoms. The van der Waals surface area contributed by atoms with Gasteiger partial charge >= 0.3 is 6.01 Å². The average molecular weight is 467 g/mol. The molecule has 0 unspecified atom stereocenters. The molecule has 1 aromatic heterocycles. The van der Waals surface area contributed by atoms with Crippen LogP contribution in [-0.4, -0.2) is 86.8 Å². The van der Waals surface area contributed by atoms with Crippen molar-refractivity contribution in [2.45, 2.75) is 31.7 Å². The Bertz CT molecular complexity index is 1010. The summed E-state index contributed by atoms with van der Waals surface area (Å²) in [6.45, 7) is 9.06. The number of anilines is 3. The minimum absolute atomic E-state index is 0.322. The zero-order valence-corrected chi connectivity index (χ0v) is 20.0. The Morgan fingerprint density at radius 3 is 2.47 bits per heavy atom. The Kier molecular flexibility index (Phi) is 6.94. The molecule has 0 radical (unpaired) electrons. The first-order valence-electron chi connectivity index (χ1n) is 12.1. The van der Waals surface area contributed by atoms with E-state index in [1.807, 2.05) is 6.07 Å². The van der Waals surface area contributed by atoms with Gasteiger partial charge in [-0.25, -0.2) is 0 Å². The molecule has 182 valence electrons. The molecular formula is C25H34N6O3. The molecule has 2 N–H and O–H groups in total. The quantitative estimate of drug-likeness (QED) is 0.602. The molecule has 0 atom stereocenters. The van der Waals surface area contributed by atoms with Gasteiger partial charge in [0.25, 0.3) is 0 Å². The van der Waals surface area contributed by atoms with Crippen LogP contribution in [0.15, 0.2) is 18.2 Å². The number of piperidine rings is 1. The molecule has 3 aliphatic rings. The van der Waals surface area contributed by atoms with E-state index in [4.69, 9.17) is 19.6 Å². The molecule has 0 saturated carbocycles. The van der Waals surface area contributed by atoms with Crippen molar-refractivity contribution in [2.75, 3.05) is 69.9 Å². The number of hydrogen-bond acceptors (Lipinski definition) is 9. The van der Waals surface area contributed by atoms with E-state index in [1.54, 1.807) is 7.11 Å². The lowest BCUT2D eigenvalue weighted by Gasteiger charge is -2.41. The number of ether oxygens (including phenoxy) is 3. The Morgan fingerprint density at radius 1 is 1.06 bits per heavy atom. The lowest BCUT2D eigenvalue weighted by Crippen LogP contribution is -2.51. The fourth-order valence-electron chi connectivity index (χ4n) is 5.08. The van der Waals surface area contributed by atoms with Crippen molar-refractivity contribution in [3.05, 3.63) is 34.9 Å². The minimum atomic E-state index is 0.322. The Labute approximate surface area is 200 Å². The van der Waals surface area contributed by atoms with Crippen LogP contribution in [0, 0.1) is 12.3 Å². The summed E-state index contributed by atoms with van der Waals surface area (Å²) in [7, 11) is 1.58. The van der Waals surface area contributed by atoms with Gasteiger partial charge in [-0.3, -0.25) is 4.90 Å². The van der Waals surface area contributed by atoms with Crippen LogP contribution >= 0.6 is 0 Å². The molecule has 3 aliphatic heterocycles. The average Bonchev–Trinajstić information content (AvgIpc) is 2.84. The summed E-state index contributed by atoms with van der Waals surface area (Å²) < 4.78 is 16.2. The monoisotopic (exact) mass is 466 g/mol. The SMILES string of the molecule is COc1nc(Nc2cc(C3CCN(C4COC4)CC3)c(C)cc2C=N)cc(N2CCOCC2)n1. The minimum Gasteiger partial charge on any atom is -0.467 e. The number of hydrogen-bond donors (Lipinski definition) is 2. The molecule has 5 rings (SSSR count). The van der Waals surface area contributed by atoms with Crippen LogP contribution in [0.1, 0.15) is 35.4 Å². The number of rotatable bonds is 7. The van der Waals surface area contributed by atoms with Crippen LogP contribution in [-0.2, 0) is 9.47 Å². The normalized spacial score (nSPS) is 20.1. The van der Waals surface area contributed by atoms with Gasteiger partial charge in [-0.2, -0.15) is 9.97 Å². The zero-order valence-electron chi connectivity index (χ0n) is 20.0. The van der Waals surface area contributed by atoms with E-state index in [9.17, 15) is 0 Å². The van der Waals surface area contributed by atoms with Gasteiger partial charge in [-0.1, -0.05) is 0 Å². The second-order valence-electron chi connectivity index (χ2n) is 9.26. The predicted octanol–water partition coefficient (Wildman–Crippen LogP) is 2.95. The highest BCUT2D eigenvalue weighted by atomic mass is 16.5. The number of aryl methyl sites for hydroxylation is 1. The summed E-state index contributed by atoms with van der Waals surface area (Å²) >= 11 is 0. The second kappa shape index (κ2) is 10.2. The molecule has 3 fully saturated rings. The highest BCUT2D eigenvalue weighted by molar-refractivity contribution is 5.88. The van der Waals surface area contributed by atoms with Gasteiger partial charge in [0, 0.05) is 36.6 Å². The number of aromatic nitrogens is 2. The molecular weight excluding hydrogens is 432 g/mol. The number of methoxy groups -OCH3 is 1. The second-order valence-corrected chi connectivity index (χ2v) is 9.26. The third-order valence-corrected chi connectivity index (χ3v) is 7.17. The maximum absolute atomic E-state index is 7.98. The Balaban J connectivity index is 1.38. The maximum atomic E-state index is 7.98. The molecule has 9 nitrogen and oxygen atoms in total. The van der Waals surface area contributed by atoms with Crippen LogP contribution in [0.5, 0.6) is 6.01 Å². The molecule has 2 aromatic rings. The van der Waals surface area contributed by atoms with Crippen molar-refractivity contribution in [2.24, 2.45) is 0 Å². The molecule has 0 bridgehead atoms. The van der Waals surface area contributed by atoms with Gasteiger partial charge in [0.2, 0.25) is 0 Å². The van der Waals surface area contributed by atoms with Crippen molar-refractivity contribution in [1.29, 1.82) is 5.41 Å². The number of morpholine rings is 1.